The fraction of sp³-hybridized carbons (Fsp3) is 0.409. The minimum atomic E-state index is -3.95. The van der Waals surface area contributed by atoms with Crippen LogP contribution >= 0.6 is 11.6 Å². The third-order valence-electron chi connectivity index (χ3n) is 4.74. The lowest BCUT2D eigenvalue weighted by atomic mass is 9.93. The van der Waals surface area contributed by atoms with Crippen molar-refractivity contribution in [3.8, 4) is 0 Å². The first-order valence-corrected chi connectivity index (χ1v) is 11.5. The molecule has 0 aliphatic carbocycles. The van der Waals surface area contributed by atoms with E-state index in [-0.39, 0.29) is 35.2 Å². The monoisotopic (exact) mass is 436 g/mol. The Morgan fingerprint density at radius 3 is 2.14 bits per heavy atom. The zero-order chi connectivity index (χ0) is 21.8. The fourth-order valence-corrected chi connectivity index (χ4v) is 4.84. The van der Waals surface area contributed by atoms with Crippen molar-refractivity contribution in [2.24, 2.45) is 11.8 Å². The van der Waals surface area contributed by atoms with Crippen LogP contribution in [0.15, 0.2) is 53.4 Å². The Morgan fingerprint density at radius 1 is 1.03 bits per heavy atom. The largest absolute Gasteiger partial charge is 0.351 e. The quantitative estimate of drug-likeness (QED) is 0.655. The minimum Gasteiger partial charge on any atom is -0.351 e. The summed E-state index contributed by atoms with van der Waals surface area (Å²) in [5, 5.41) is 3.44. The molecule has 0 bridgehead atoms. The molecule has 2 rings (SSSR count). The number of nitrogens with zero attached hydrogens (tertiary/aromatic N) is 1. The number of carbonyl (C=O) groups excluding carboxylic acids is 1. The van der Waals surface area contributed by atoms with Crippen molar-refractivity contribution < 1.29 is 13.2 Å². The van der Waals surface area contributed by atoms with Gasteiger partial charge in [-0.3, -0.25) is 9.10 Å². The fourth-order valence-electron chi connectivity index (χ4n) is 3.30. The molecule has 0 saturated carbocycles. The number of halogens is 1. The van der Waals surface area contributed by atoms with Gasteiger partial charge >= 0.3 is 0 Å². The van der Waals surface area contributed by atoms with Gasteiger partial charge in [0.2, 0.25) is 5.91 Å². The summed E-state index contributed by atoms with van der Waals surface area (Å²) in [4.78, 5) is 12.9. The first kappa shape index (κ1) is 23.2. The summed E-state index contributed by atoms with van der Waals surface area (Å²) in [5.41, 5.74) is 1.35. The maximum atomic E-state index is 13.3. The molecule has 0 spiro atoms. The Hall–Kier alpha value is -2.05. The van der Waals surface area contributed by atoms with Gasteiger partial charge in [-0.1, -0.05) is 51.4 Å². The second-order valence-corrected chi connectivity index (χ2v) is 10.2. The average Bonchev–Trinajstić information content (AvgIpc) is 2.64. The van der Waals surface area contributed by atoms with E-state index in [4.69, 9.17) is 11.6 Å². The van der Waals surface area contributed by atoms with Crippen LogP contribution in [0.5, 0.6) is 0 Å². The van der Waals surface area contributed by atoms with Gasteiger partial charge in [0, 0.05) is 11.1 Å². The summed E-state index contributed by atoms with van der Waals surface area (Å²) in [6.45, 7) is 9.72. The highest BCUT2D eigenvalue weighted by atomic mass is 35.5. The summed E-state index contributed by atoms with van der Waals surface area (Å²) in [7, 11) is -3.95. The molecule has 0 atom stereocenters. The number of aryl methyl sites for hydroxylation is 1. The van der Waals surface area contributed by atoms with E-state index < -0.39 is 10.0 Å². The SMILES string of the molecule is Cc1cccc(N(CC(=O)NC(C(C)C)C(C)C)S(=O)(=O)c2ccc(Cl)cc2)c1. The molecule has 0 radical (unpaired) electrons. The van der Waals surface area contributed by atoms with E-state index in [0.29, 0.717) is 10.7 Å². The van der Waals surface area contributed by atoms with Gasteiger partial charge in [-0.05, 0) is 60.7 Å². The zero-order valence-corrected chi connectivity index (χ0v) is 19.1. The lowest BCUT2D eigenvalue weighted by Gasteiger charge is -2.29. The van der Waals surface area contributed by atoms with Crippen LogP contribution in [0.1, 0.15) is 33.3 Å². The Morgan fingerprint density at radius 2 is 1.62 bits per heavy atom. The first-order valence-electron chi connectivity index (χ1n) is 9.66. The van der Waals surface area contributed by atoms with Gasteiger partial charge in [-0.25, -0.2) is 8.42 Å². The van der Waals surface area contributed by atoms with Crippen LogP contribution in [0.25, 0.3) is 0 Å². The summed E-state index contributed by atoms with van der Waals surface area (Å²) >= 11 is 5.91. The highest BCUT2D eigenvalue weighted by Crippen LogP contribution is 2.25. The number of amides is 1. The van der Waals surface area contributed by atoms with Gasteiger partial charge in [-0.15, -0.1) is 0 Å². The highest BCUT2D eigenvalue weighted by Gasteiger charge is 2.29. The van der Waals surface area contributed by atoms with Gasteiger partial charge in [0.15, 0.2) is 0 Å². The predicted octanol–water partition coefficient (Wildman–Crippen LogP) is 4.64. The molecular formula is C22H29ClN2O3S. The molecule has 0 aliphatic heterocycles. The normalized spacial score (nSPS) is 11.9. The van der Waals surface area contributed by atoms with Crippen molar-refractivity contribution in [3.63, 3.8) is 0 Å². The van der Waals surface area contributed by atoms with Crippen LogP contribution in [-0.2, 0) is 14.8 Å². The highest BCUT2D eigenvalue weighted by molar-refractivity contribution is 7.92. The number of sulfonamides is 1. The second-order valence-electron chi connectivity index (χ2n) is 7.89. The van der Waals surface area contributed by atoms with Crippen LogP contribution < -0.4 is 9.62 Å². The minimum absolute atomic E-state index is 0.0416. The van der Waals surface area contributed by atoms with Gasteiger partial charge < -0.3 is 5.32 Å². The molecule has 0 heterocycles. The number of hydrogen-bond acceptors (Lipinski definition) is 3. The maximum absolute atomic E-state index is 13.3. The first-order chi connectivity index (χ1) is 13.5. The van der Waals surface area contributed by atoms with Crippen molar-refractivity contribution in [3.05, 3.63) is 59.1 Å². The number of carbonyl (C=O) groups is 1. The third kappa shape index (κ3) is 5.97. The van der Waals surface area contributed by atoms with Gasteiger partial charge in [0.05, 0.1) is 10.6 Å². The second kappa shape index (κ2) is 9.63. The summed E-state index contributed by atoms with van der Waals surface area (Å²) in [5.74, 6) is 0.134. The molecule has 0 fully saturated rings. The van der Waals surface area contributed by atoms with Crippen LogP contribution in [0.4, 0.5) is 5.69 Å². The number of hydrogen-bond donors (Lipinski definition) is 1. The smallest absolute Gasteiger partial charge is 0.264 e. The molecule has 0 unspecified atom stereocenters. The van der Waals surface area contributed by atoms with Crippen LogP contribution in [0.3, 0.4) is 0 Å². The number of rotatable bonds is 8. The van der Waals surface area contributed by atoms with Gasteiger partial charge in [0.25, 0.3) is 10.0 Å². The van der Waals surface area contributed by atoms with Crippen molar-refractivity contribution in [2.75, 3.05) is 10.8 Å². The van der Waals surface area contributed by atoms with E-state index >= 15 is 0 Å². The molecule has 29 heavy (non-hydrogen) atoms. The van der Waals surface area contributed by atoms with Crippen molar-refractivity contribution in [2.45, 2.75) is 45.6 Å². The van der Waals surface area contributed by atoms with Crippen LogP contribution in [-0.4, -0.2) is 26.9 Å². The van der Waals surface area contributed by atoms with E-state index in [2.05, 4.69) is 5.32 Å². The molecule has 2 aromatic carbocycles. The average molecular weight is 437 g/mol. The van der Waals surface area contributed by atoms with E-state index in [0.717, 1.165) is 9.87 Å². The van der Waals surface area contributed by atoms with Crippen molar-refractivity contribution >= 4 is 33.2 Å². The van der Waals surface area contributed by atoms with Crippen LogP contribution in [0, 0.1) is 18.8 Å². The molecule has 1 amide bonds. The topological polar surface area (TPSA) is 66.5 Å². The van der Waals surface area contributed by atoms with E-state index in [9.17, 15) is 13.2 Å². The standard InChI is InChI=1S/C22H29ClN2O3S/c1-15(2)22(16(3)4)24-21(26)14-25(19-8-6-7-17(5)13-19)29(27,28)20-11-9-18(23)10-12-20/h6-13,15-16,22H,14H2,1-5H3,(H,24,26). The molecule has 5 nitrogen and oxygen atoms in total. The third-order valence-corrected chi connectivity index (χ3v) is 6.78. The van der Waals surface area contributed by atoms with Gasteiger partial charge in [-0.2, -0.15) is 0 Å². The molecular weight excluding hydrogens is 408 g/mol. The zero-order valence-electron chi connectivity index (χ0n) is 17.5. The molecule has 158 valence electrons. The van der Waals surface area contributed by atoms with E-state index in [1.54, 1.807) is 18.2 Å². The molecule has 7 heteroatoms. The number of benzene rings is 2. The Kier molecular flexibility index (Phi) is 7.72. The Labute approximate surface area is 179 Å². The number of nitrogens with one attached hydrogen (secondary N) is 1. The lowest BCUT2D eigenvalue weighted by Crippen LogP contribution is -2.47. The summed E-state index contributed by atoms with van der Waals surface area (Å²) in [6, 6.07) is 13.0. The Balaban J connectivity index is 2.41. The molecule has 0 aromatic heterocycles. The van der Waals surface area contributed by atoms with E-state index in [1.807, 2.05) is 40.7 Å². The Bertz CT molecular complexity index is 933. The predicted molar refractivity (Wildman–Crippen MR) is 119 cm³/mol. The molecule has 0 saturated heterocycles. The summed E-state index contributed by atoms with van der Waals surface area (Å²) in [6.07, 6.45) is 0. The lowest BCUT2D eigenvalue weighted by molar-refractivity contribution is -0.121. The molecule has 1 N–H and O–H groups in total. The maximum Gasteiger partial charge on any atom is 0.264 e. The number of anilines is 1. The summed E-state index contributed by atoms with van der Waals surface area (Å²) < 4.78 is 27.8. The van der Waals surface area contributed by atoms with Crippen LogP contribution in [0.2, 0.25) is 5.02 Å². The van der Waals surface area contributed by atoms with Crippen molar-refractivity contribution in [1.29, 1.82) is 0 Å². The molecule has 0 aliphatic rings. The van der Waals surface area contributed by atoms with E-state index in [1.165, 1.54) is 24.3 Å². The molecule has 2 aromatic rings. The van der Waals surface area contributed by atoms with Gasteiger partial charge in [0.1, 0.15) is 6.54 Å². The van der Waals surface area contributed by atoms with Crippen molar-refractivity contribution in [1.82, 2.24) is 5.32 Å².